The molecular weight excluding hydrogens is 218 g/mol. The second-order valence-electron chi connectivity index (χ2n) is 4.91. The van der Waals surface area contributed by atoms with Crippen LogP contribution in [0.3, 0.4) is 0 Å². The third-order valence-corrected chi connectivity index (χ3v) is 2.58. The summed E-state index contributed by atoms with van der Waals surface area (Å²) >= 11 is 4.30. The highest BCUT2D eigenvalue weighted by Gasteiger charge is 1.95. The second-order valence-corrected chi connectivity index (χ2v) is 5.79. The Bertz CT molecular complexity index is 124. The first-order chi connectivity index (χ1) is 7.63. The van der Waals surface area contributed by atoms with Crippen LogP contribution >= 0.6 is 12.6 Å². The van der Waals surface area contributed by atoms with Crippen molar-refractivity contribution in [3.05, 3.63) is 0 Å². The van der Waals surface area contributed by atoms with Crippen LogP contribution < -0.4 is 5.32 Å². The van der Waals surface area contributed by atoms with E-state index < -0.39 is 0 Å². The molecule has 1 N–H and O–H groups in total. The van der Waals surface area contributed by atoms with Gasteiger partial charge in [-0.3, -0.25) is 0 Å². The lowest BCUT2D eigenvalue weighted by atomic mass is 10.1. The van der Waals surface area contributed by atoms with Crippen molar-refractivity contribution < 1.29 is 4.74 Å². The van der Waals surface area contributed by atoms with Gasteiger partial charge in [0.1, 0.15) is 0 Å². The van der Waals surface area contributed by atoms with E-state index >= 15 is 0 Å². The minimum atomic E-state index is 0.442. The molecule has 0 saturated carbocycles. The van der Waals surface area contributed by atoms with E-state index in [9.17, 15) is 0 Å². The SMILES string of the molecule is CC(C)CCCCOCCCNCC(C)S. The summed E-state index contributed by atoms with van der Waals surface area (Å²) in [5, 5.41) is 3.79. The molecule has 0 heterocycles. The molecule has 0 aromatic rings. The maximum atomic E-state index is 5.56. The van der Waals surface area contributed by atoms with Crippen molar-refractivity contribution in [1.29, 1.82) is 0 Å². The summed E-state index contributed by atoms with van der Waals surface area (Å²) in [6.45, 7) is 10.5. The Hall–Kier alpha value is 0.270. The van der Waals surface area contributed by atoms with Crippen LogP contribution in [0.4, 0.5) is 0 Å². The fourth-order valence-electron chi connectivity index (χ4n) is 1.47. The quantitative estimate of drug-likeness (QED) is 0.432. The zero-order chi connectivity index (χ0) is 12.2. The van der Waals surface area contributed by atoms with Gasteiger partial charge in [0, 0.05) is 25.0 Å². The summed E-state index contributed by atoms with van der Waals surface area (Å²) in [5.74, 6) is 0.826. The van der Waals surface area contributed by atoms with Crippen LogP contribution in [0.5, 0.6) is 0 Å². The van der Waals surface area contributed by atoms with Crippen LogP contribution in [-0.2, 0) is 4.74 Å². The largest absolute Gasteiger partial charge is 0.381 e. The third kappa shape index (κ3) is 14.3. The molecule has 98 valence electrons. The Balaban J connectivity index is 2.93. The third-order valence-electron chi connectivity index (χ3n) is 2.40. The molecule has 0 spiro atoms. The topological polar surface area (TPSA) is 21.3 Å². The van der Waals surface area contributed by atoms with Gasteiger partial charge in [-0.25, -0.2) is 0 Å². The molecule has 0 saturated heterocycles. The molecule has 16 heavy (non-hydrogen) atoms. The van der Waals surface area contributed by atoms with Gasteiger partial charge >= 0.3 is 0 Å². The first-order valence-electron chi connectivity index (χ1n) is 6.59. The van der Waals surface area contributed by atoms with Crippen LogP contribution in [0.25, 0.3) is 0 Å². The van der Waals surface area contributed by atoms with Crippen molar-refractivity contribution in [2.75, 3.05) is 26.3 Å². The van der Waals surface area contributed by atoms with Crippen LogP contribution in [0.15, 0.2) is 0 Å². The first kappa shape index (κ1) is 16.3. The lowest BCUT2D eigenvalue weighted by molar-refractivity contribution is 0.127. The molecule has 0 aromatic carbocycles. The fraction of sp³-hybridized carbons (Fsp3) is 1.00. The molecule has 0 rings (SSSR count). The number of thiol groups is 1. The maximum absolute atomic E-state index is 5.56. The molecule has 0 aromatic heterocycles. The number of hydrogen-bond donors (Lipinski definition) is 2. The Kier molecular flexibility index (Phi) is 11.9. The van der Waals surface area contributed by atoms with Crippen LogP contribution in [-0.4, -0.2) is 31.6 Å². The average Bonchev–Trinajstić information content (AvgIpc) is 2.20. The Morgan fingerprint density at radius 2 is 1.75 bits per heavy atom. The maximum Gasteiger partial charge on any atom is 0.0478 e. The van der Waals surface area contributed by atoms with E-state index in [0.717, 1.165) is 38.6 Å². The standard InChI is InChI=1S/C13H29NOS/c1-12(2)7-4-5-9-15-10-6-8-14-11-13(3)16/h12-14,16H,4-11H2,1-3H3. The van der Waals surface area contributed by atoms with Crippen LogP contribution in [0.1, 0.15) is 46.5 Å². The van der Waals surface area contributed by atoms with Gasteiger partial charge in [-0.1, -0.05) is 33.6 Å². The minimum absolute atomic E-state index is 0.442. The molecule has 1 unspecified atom stereocenters. The van der Waals surface area contributed by atoms with Crippen LogP contribution in [0, 0.1) is 5.92 Å². The molecule has 0 aliphatic carbocycles. The molecule has 1 atom stereocenters. The summed E-state index contributed by atoms with van der Waals surface area (Å²) in [6, 6.07) is 0. The highest BCUT2D eigenvalue weighted by Crippen LogP contribution is 2.05. The van der Waals surface area contributed by atoms with Gasteiger partial charge in [-0.2, -0.15) is 12.6 Å². The van der Waals surface area contributed by atoms with Gasteiger partial charge < -0.3 is 10.1 Å². The normalized spacial score (nSPS) is 13.3. The first-order valence-corrected chi connectivity index (χ1v) is 7.11. The van der Waals surface area contributed by atoms with E-state index in [1.165, 1.54) is 19.3 Å². The summed E-state index contributed by atoms with van der Waals surface area (Å²) in [4.78, 5) is 0. The van der Waals surface area contributed by atoms with Gasteiger partial charge in [-0.05, 0) is 25.3 Å². The van der Waals surface area contributed by atoms with Gasteiger partial charge in [0.2, 0.25) is 0 Å². The molecule has 0 aliphatic heterocycles. The Labute approximate surface area is 107 Å². The van der Waals surface area contributed by atoms with E-state index in [1.807, 2.05) is 0 Å². The average molecular weight is 247 g/mol. The number of rotatable bonds is 11. The predicted octanol–water partition coefficient (Wildman–Crippen LogP) is 3.13. The smallest absolute Gasteiger partial charge is 0.0478 e. The number of unbranched alkanes of at least 4 members (excludes halogenated alkanes) is 1. The van der Waals surface area contributed by atoms with E-state index in [-0.39, 0.29) is 0 Å². The Morgan fingerprint density at radius 1 is 1.06 bits per heavy atom. The second kappa shape index (κ2) is 11.7. The van der Waals surface area contributed by atoms with Crippen molar-refractivity contribution in [2.45, 2.75) is 51.7 Å². The predicted molar refractivity (Wildman–Crippen MR) is 75.4 cm³/mol. The molecule has 0 amide bonds. The number of ether oxygens (including phenoxy) is 1. The summed E-state index contributed by atoms with van der Waals surface area (Å²) in [7, 11) is 0. The number of hydrogen-bond acceptors (Lipinski definition) is 3. The van der Waals surface area contributed by atoms with E-state index in [4.69, 9.17) is 4.74 Å². The molecule has 0 aliphatic rings. The van der Waals surface area contributed by atoms with Crippen molar-refractivity contribution in [3.8, 4) is 0 Å². The van der Waals surface area contributed by atoms with Crippen LogP contribution in [0.2, 0.25) is 0 Å². The molecule has 3 heteroatoms. The summed E-state index contributed by atoms with van der Waals surface area (Å²) < 4.78 is 5.56. The monoisotopic (exact) mass is 247 g/mol. The lowest BCUT2D eigenvalue weighted by Crippen LogP contribution is -2.23. The van der Waals surface area contributed by atoms with E-state index in [2.05, 4.69) is 38.7 Å². The molecular formula is C13H29NOS. The zero-order valence-electron chi connectivity index (χ0n) is 11.2. The molecule has 0 fully saturated rings. The Morgan fingerprint density at radius 3 is 2.38 bits per heavy atom. The van der Waals surface area contributed by atoms with Gasteiger partial charge in [-0.15, -0.1) is 0 Å². The van der Waals surface area contributed by atoms with Crippen molar-refractivity contribution >= 4 is 12.6 Å². The molecule has 0 radical (unpaired) electrons. The minimum Gasteiger partial charge on any atom is -0.381 e. The lowest BCUT2D eigenvalue weighted by Gasteiger charge is -2.08. The van der Waals surface area contributed by atoms with E-state index in [0.29, 0.717) is 5.25 Å². The van der Waals surface area contributed by atoms with Gasteiger partial charge in [0.05, 0.1) is 0 Å². The summed E-state index contributed by atoms with van der Waals surface area (Å²) in [6.07, 6.45) is 4.93. The van der Waals surface area contributed by atoms with E-state index in [1.54, 1.807) is 0 Å². The van der Waals surface area contributed by atoms with Crippen molar-refractivity contribution in [2.24, 2.45) is 5.92 Å². The van der Waals surface area contributed by atoms with Crippen molar-refractivity contribution in [1.82, 2.24) is 5.32 Å². The summed E-state index contributed by atoms with van der Waals surface area (Å²) in [5.41, 5.74) is 0. The molecule has 0 bridgehead atoms. The van der Waals surface area contributed by atoms with Gasteiger partial charge in [0.25, 0.3) is 0 Å². The molecule has 2 nitrogen and oxygen atoms in total. The zero-order valence-corrected chi connectivity index (χ0v) is 12.1. The highest BCUT2D eigenvalue weighted by molar-refractivity contribution is 7.80. The highest BCUT2D eigenvalue weighted by atomic mass is 32.1. The number of nitrogens with one attached hydrogen (secondary N) is 1. The van der Waals surface area contributed by atoms with Gasteiger partial charge in [0.15, 0.2) is 0 Å². The van der Waals surface area contributed by atoms with Crippen molar-refractivity contribution in [3.63, 3.8) is 0 Å². The fourth-order valence-corrected chi connectivity index (χ4v) is 1.60.